The molecule has 172 valence electrons. The Morgan fingerprint density at radius 2 is 1.82 bits per heavy atom. The number of nitrogens with zero attached hydrogens (tertiary/aromatic N) is 2. The fourth-order valence-corrected chi connectivity index (χ4v) is 4.40. The van der Waals surface area contributed by atoms with Gasteiger partial charge in [0.2, 0.25) is 0 Å². The van der Waals surface area contributed by atoms with Gasteiger partial charge in [-0.25, -0.2) is 9.37 Å². The Morgan fingerprint density at radius 1 is 1.12 bits per heavy atom. The van der Waals surface area contributed by atoms with Crippen LogP contribution in [0.1, 0.15) is 46.0 Å². The van der Waals surface area contributed by atoms with Crippen LogP contribution in [0.2, 0.25) is 5.15 Å². The SMILES string of the molecule is CN(Cc1ccc(Cl)nc1)C(=O)c1ccc(C[C@@H]2CC[C@H]([C@H](O)c3ccc(F)cc3)N2)cc1. The van der Waals surface area contributed by atoms with Crippen molar-refractivity contribution in [3.63, 3.8) is 0 Å². The van der Waals surface area contributed by atoms with Crippen molar-refractivity contribution < 1.29 is 14.3 Å². The number of hydrogen-bond acceptors (Lipinski definition) is 4. The second-order valence-corrected chi connectivity index (χ2v) is 8.98. The zero-order chi connectivity index (χ0) is 23.4. The molecule has 0 spiro atoms. The molecule has 3 aromatic rings. The molecular weight excluding hydrogens is 441 g/mol. The van der Waals surface area contributed by atoms with Gasteiger partial charge in [0, 0.05) is 37.4 Å². The highest BCUT2D eigenvalue weighted by molar-refractivity contribution is 6.29. The van der Waals surface area contributed by atoms with Gasteiger partial charge in [0.25, 0.3) is 5.91 Å². The van der Waals surface area contributed by atoms with E-state index in [-0.39, 0.29) is 23.8 Å². The van der Waals surface area contributed by atoms with Gasteiger partial charge in [0.05, 0.1) is 6.10 Å². The second kappa shape index (κ2) is 10.4. The lowest BCUT2D eigenvalue weighted by Crippen LogP contribution is -2.35. The third kappa shape index (κ3) is 5.96. The number of carbonyl (C=O) groups is 1. The average molecular weight is 468 g/mol. The van der Waals surface area contributed by atoms with E-state index in [4.69, 9.17) is 11.6 Å². The van der Waals surface area contributed by atoms with E-state index in [0.29, 0.717) is 17.3 Å². The van der Waals surface area contributed by atoms with Crippen LogP contribution in [0.25, 0.3) is 0 Å². The molecule has 2 heterocycles. The van der Waals surface area contributed by atoms with Crippen molar-refractivity contribution >= 4 is 17.5 Å². The summed E-state index contributed by atoms with van der Waals surface area (Å²) in [6.45, 7) is 0.453. The molecule has 0 aliphatic carbocycles. The van der Waals surface area contributed by atoms with Gasteiger partial charge >= 0.3 is 0 Å². The van der Waals surface area contributed by atoms with Crippen LogP contribution in [0.15, 0.2) is 66.9 Å². The number of hydrogen-bond donors (Lipinski definition) is 2. The zero-order valence-corrected chi connectivity index (χ0v) is 19.2. The minimum Gasteiger partial charge on any atom is -0.387 e. The lowest BCUT2D eigenvalue weighted by molar-refractivity contribution is 0.0785. The molecule has 1 aromatic heterocycles. The molecule has 1 amide bonds. The molecule has 0 unspecified atom stereocenters. The molecule has 0 bridgehead atoms. The topological polar surface area (TPSA) is 65.5 Å². The van der Waals surface area contributed by atoms with Gasteiger partial charge in [0.15, 0.2) is 0 Å². The predicted octanol–water partition coefficient (Wildman–Crippen LogP) is 4.54. The minimum atomic E-state index is -0.665. The summed E-state index contributed by atoms with van der Waals surface area (Å²) in [7, 11) is 1.76. The van der Waals surface area contributed by atoms with Crippen molar-refractivity contribution in [2.75, 3.05) is 7.05 Å². The molecule has 33 heavy (non-hydrogen) atoms. The number of pyridine rings is 1. The first-order valence-electron chi connectivity index (χ1n) is 11.0. The molecule has 1 aliphatic heterocycles. The molecule has 3 atom stereocenters. The monoisotopic (exact) mass is 467 g/mol. The first-order chi connectivity index (χ1) is 15.9. The summed E-state index contributed by atoms with van der Waals surface area (Å²) < 4.78 is 13.1. The highest BCUT2D eigenvalue weighted by Crippen LogP contribution is 2.27. The molecule has 2 N–H and O–H groups in total. The van der Waals surface area contributed by atoms with E-state index in [2.05, 4.69) is 10.3 Å². The van der Waals surface area contributed by atoms with Crippen LogP contribution in [0.5, 0.6) is 0 Å². The summed E-state index contributed by atoms with van der Waals surface area (Å²) in [6, 6.07) is 17.4. The quantitative estimate of drug-likeness (QED) is 0.500. The fraction of sp³-hybridized carbons (Fsp3) is 0.308. The van der Waals surface area contributed by atoms with E-state index in [1.165, 1.54) is 12.1 Å². The Hall–Kier alpha value is -2.80. The number of carbonyl (C=O) groups excluding carboxylic acids is 1. The van der Waals surface area contributed by atoms with Gasteiger partial charge in [-0.1, -0.05) is 41.9 Å². The zero-order valence-electron chi connectivity index (χ0n) is 18.4. The number of aromatic nitrogens is 1. The Labute approximate surface area is 198 Å². The first-order valence-corrected chi connectivity index (χ1v) is 11.4. The van der Waals surface area contributed by atoms with Crippen molar-refractivity contribution in [1.82, 2.24) is 15.2 Å². The number of amides is 1. The van der Waals surface area contributed by atoms with E-state index < -0.39 is 6.10 Å². The van der Waals surface area contributed by atoms with Crippen LogP contribution in [0, 0.1) is 5.82 Å². The van der Waals surface area contributed by atoms with Crippen molar-refractivity contribution in [2.45, 2.75) is 44.0 Å². The van der Waals surface area contributed by atoms with Crippen molar-refractivity contribution in [1.29, 1.82) is 0 Å². The molecule has 5 nitrogen and oxygen atoms in total. The number of halogens is 2. The Morgan fingerprint density at radius 3 is 2.48 bits per heavy atom. The largest absolute Gasteiger partial charge is 0.387 e. The molecule has 1 saturated heterocycles. The van der Waals surface area contributed by atoms with E-state index in [9.17, 15) is 14.3 Å². The summed E-state index contributed by atoms with van der Waals surface area (Å²) in [5.41, 5.74) is 3.39. The number of aliphatic hydroxyl groups excluding tert-OH is 1. The number of rotatable bonds is 7. The highest BCUT2D eigenvalue weighted by Gasteiger charge is 2.30. The second-order valence-electron chi connectivity index (χ2n) is 8.60. The standard InChI is InChI=1S/C26H27ClFN3O2/c1-31(16-18-4-13-24(27)29-15-18)26(33)20-5-2-17(3-6-20)14-22-11-12-23(30-22)25(32)19-7-9-21(28)10-8-19/h2-10,13,15,22-23,25,30,32H,11-12,14,16H2,1H3/t22-,23+,25+/m0/s1. The average Bonchev–Trinajstić information content (AvgIpc) is 3.29. The summed E-state index contributed by atoms with van der Waals surface area (Å²) in [6.07, 6.45) is 3.62. The van der Waals surface area contributed by atoms with Crippen molar-refractivity contribution in [2.24, 2.45) is 0 Å². The fourth-order valence-electron chi connectivity index (χ4n) is 4.29. The predicted molar refractivity (Wildman–Crippen MR) is 126 cm³/mol. The van der Waals surface area contributed by atoms with E-state index in [1.807, 2.05) is 30.3 Å². The molecule has 1 aliphatic rings. The van der Waals surface area contributed by atoms with Gasteiger partial charge in [0.1, 0.15) is 11.0 Å². The van der Waals surface area contributed by atoms with E-state index >= 15 is 0 Å². The third-order valence-electron chi connectivity index (χ3n) is 6.11. The Kier molecular flexibility index (Phi) is 7.38. The van der Waals surface area contributed by atoms with Crippen LogP contribution >= 0.6 is 11.6 Å². The smallest absolute Gasteiger partial charge is 0.253 e. The van der Waals surface area contributed by atoms with Gasteiger partial charge < -0.3 is 15.3 Å². The maximum Gasteiger partial charge on any atom is 0.253 e. The van der Waals surface area contributed by atoms with Crippen LogP contribution in [0.3, 0.4) is 0 Å². The maximum atomic E-state index is 13.1. The molecule has 0 saturated carbocycles. The maximum absolute atomic E-state index is 13.1. The van der Waals surface area contributed by atoms with E-state index in [1.54, 1.807) is 36.3 Å². The number of benzene rings is 2. The van der Waals surface area contributed by atoms with E-state index in [0.717, 1.165) is 36.0 Å². The number of aliphatic hydroxyl groups is 1. The first kappa shape index (κ1) is 23.4. The molecule has 0 radical (unpaired) electrons. The van der Waals surface area contributed by atoms with Gasteiger partial charge in [-0.05, 0) is 66.3 Å². The third-order valence-corrected chi connectivity index (χ3v) is 6.33. The summed E-state index contributed by atoms with van der Waals surface area (Å²) in [5.74, 6) is -0.365. The summed E-state index contributed by atoms with van der Waals surface area (Å²) in [4.78, 5) is 18.5. The van der Waals surface area contributed by atoms with Gasteiger partial charge in [-0.15, -0.1) is 0 Å². The molecule has 7 heteroatoms. The van der Waals surface area contributed by atoms with Crippen LogP contribution in [0.4, 0.5) is 4.39 Å². The van der Waals surface area contributed by atoms with Crippen molar-refractivity contribution in [3.05, 3.63) is 100 Å². The molecule has 1 fully saturated rings. The highest BCUT2D eigenvalue weighted by atomic mass is 35.5. The van der Waals surface area contributed by atoms with Gasteiger partial charge in [-0.3, -0.25) is 4.79 Å². The summed E-state index contributed by atoms with van der Waals surface area (Å²) >= 11 is 5.82. The Bertz CT molecular complexity index is 1070. The van der Waals surface area contributed by atoms with Crippen molar-refractivity contribution in [3.8, 4) is 0 Å². The lowest BCUT2D eigenvalue weighted by Gasteiger charge is -2.21. The summed E-state index contributed by atoms with van der Waals surface area (Å²) in [5, 5.41) is 14.6. The molecule has 2 aromatic carbocycles. The van der Waals surface area contributed by atoms with Crippen LogP contribution in [-0.2, 0) is 13.0 Å². The van der Waals surface area contributed by atoms with Gasteiger partial charge in [-0.2, -0.15) is 0 Å². The van der Waals surface area contributed by atoms with Crippen LogP contribution in [-0.4, -0.2) is 40.0 Å². The molecular formula is C26H27ClFN3O2. The minimum absolute atomic E-state index is 0.0574. The normalized spacial score (nSPS) is 18.8. The Balaban J connectivity index is 1.30. The van der Waals surface area contributed by atoms with Crippen LogP contribution < -0.4 is 5.32 Å². The number of nitrogens with one attached hydrogen (secondary N) is 1. The lowest BCUT2D eigenvalue weighted by atomic mass is 10.0. The molecule has 4 rings (SSSR count).